The maximum Gasteiger partial charge on any atom is 0.0113 e. The van der Waals surface area contributed by atoms with Gasteiger partial charge in [-0.1, -0.05) is 37.3 Å². The Morgan fingerprint density at radius 1 is 0.679 bits per heavy atom. The lowest BCUT2D eigenvalue weighted by molar-refractivity contribution is 0.109. The molecule has 4 heteroatoms. The molecule has 0 atom stereocenters. The van der Waals surface area contributed by atoms with Gasteiger partial charge >= 0.3 is 0 Å². The average Bonchev–Trinajstić information content (AvgIpc) is 2.74. The number of likely N-dealkylation sites (N-methyl/N-ethyl adjacent to an activating group) is 1. The molecule has 2 fully saturated rings. The number of piperazine rings is 2. The van der Waals surface area contributed by atoms with Gasteiger partial charge in [-0.05, 0) is 46.2 Å². The first-order valence-electron chi connectivity index (χ1n) is 11.5. The van der Waals surface area contributed by atoms with Gasteiger partial charge in [-0.2, -0.15) is 0 Å². The maximum absolute atomic E-state index is 2.59. The molecule has 0 saturated carbocycles. The van der Waals surface area contributed by atoms with Crippen molar-refractivity contribution in [3.05, 3.63) is 35.9 Å². The van der Waals surface area contributed by atoms with E-state index in [1.54, 1.807) is 0 Å². The van der Waals surface area contributed by atoms with E-state index >= 15 is 0 Å². The van der Waals surface area contributed by atoms with E-state index in [0.29, 0.717) is 6.04 Å². The van der Waals surface area contributed by atoms with Crippen LogP contribution in [0.25, 0.3) is 0 Å². The minimum atomic E-state index is 0.700. The van der Waals surface area contributed by atoms with Crippen LogP contribution in [-0.4, -0.2) is 97.1 Å². The van der Waals surface area contributed by atoms with Crippen LogP contribution in [0.3, 0.4) is 0 Å². The van der Waals surface area contributed by atoms with Gasteiger partial charge < -0.3 is 9.80 Å². The van der Waals surface area contributed by atoms with Crippen LogP contribution in [0.2, 0.25) is 0 Å². The van der Waals surface area contributed by atoms with Crippen molar-refractivity contribution in [3.63, 3.8) is 0 Å². The van der Waals surface area contributed by atoms with Gasteiger partial charge in [0.25, 0.3) is 0 Å². The minimum Gasteiger partial charge on any atom is -0.301 e. The molecule has 0 unspecified atom stereocenters. The lowest BCUT2D eigenvalue weighted by atomic mass is 10.1. The van der Waals surface area contributed by atoms with E-state index < -0.39 is 0 Å². The molecule has 0 aromatic heterocycles. The Morgan fingerprint density at radius 2 is 1.14 bits per heavy atom. The second kappa shape index (κ2) is 12.6. The molecule has 0 N–H and O–H groups in total. The zero-order valence-corrected chi connectivity index (χ0v) is 19.1. The highest BCUT2D eigenvalue weighted by Gasteiger charge is 2.18. The maximum atomic E-state index is 2.59. The van der Waals surface area contributed by atoms with Crippen LogP contribution < -0.4 is 0 Å². The SMILES string of the molecule is CC(C)N1CCN(CCc2ccccc2)CC1.CCN1CCN(C(C)C)CC1. The molecule has 160 valence electrons. The van der Waals surface area contributed by atoms with E-state index in [-0.39, 0.29) is 0 Å². The van der Waals surface area contributed by atoms with Gasteiger partial charge in [0, 0.05) is 71.0 Å². The Bertz CT molecular complexity index is 501. The topological polar surface area (TPSA) is 13.0 Å². The molecule has 2 heterocycles. The Labute approximate surface area is 174 Å². The Balaban J connectivity index is 0.000000221. The molecule has 1 aromatic carbocycles. The van der Waals surface area contributed by atoms with Crippen molar-refractivity contribution in [3.8, 4) is 0 Å². The Hall–Kier alpha value is -0.940. The highest BCUT2D eigenvalue weighted by atomic mass is 15.3. The summed E-state index contributed by atoms with van der Waals surface area (Å²) < 4.78 is 0. The van der Waals surface area contributed by atoms with Crippen LogP contribution in [-0.2, 0) is 6.42 Å². The van der Waals surface area contributed by atoms with Gasteiger partial charge in [0.15, 0.2) is 0 Å². The van der Waals surface area contributed by atoms with E-state index in [2.05, 4.69) is 84.6 Å². The van der Waals surface area contributed by atoms with Crippen molar-refractivity contribution in [2.45, 2.75) is 53.1 Å². The first-order valence-corrected chi connectivity index (χ1v) is 11.5. The van der Waals surface area contributed by atoms with Crippen LogP contribution in [0.1, 0.15) is 40.2 Å². The molecular weight excluding hydrogens is 344 g/mol. The lowest BCUT2D eigenvalue weighted by Gasteiger charge is -2.36. The highest BCUT2D eigenvalue weighted by molar-refractivity contribution is 5.14. The largest absolute Gasteiger partial charge is 0.301 e. The fraction of sp³-hybridized carbons (Fsp3) is 0.750. The molecule has 4 nitrogen and oxygen atoms in total. The fourth-order valence-corrected chi connectivity index (χ4v) is 4.03. The third-order valence-electron chi connectivity index (χ3n) is 6.28. The second-order valence-electron chi connectivity index (χ2n) is 8.77. The number of rotatable bonds is 6. The molecule has 0 aliphatic carbocycles. The monoisotopic (exact) mass is 388 g/mol. The summed E-state index contributed by atoms with van der Waals surface area (Å²) in [6, 6.07) is 12.2. The van der Waals surface area contributed by atoms with Crippen LogP contribution >= 0.6 is 0 Å². The standard InChI is InChI=1S/C15H24N2.C9H20N2/c1-14(2)17-12-10-16(11-13-17)9-8-15-6-4-3-5-7-15;1-4-10-5-7-11(8-6-10)9(2)3/h3-7,14H,8-13H2,1-2H3;9H,4-8H2,1-3H3. The van der Waals surface area contributed by atoms with Crippen molar-refractivity contribution in [2.75, 3.05) is 65.4 Å². The summed E-state index contributed by atoms with van der Waals surface area (Å²) in [5.74, 6) is 0. The van der Waals surface area contributed by atoms with Gasteiger partial charge in [0.2, 0.25) is 0 Å². The molecule has 0 amide bonds. The number of hydrogen-bond donors (Lipinski definition) is 0. The summed E-state index contributed by atoms with van der Waals surface area (Å²) >= 11 is 0. The van der Waals surface area contributed by atoms with Crippen molar-refractivity contribution < 1.29 is 0 Å². The molecule has 0 bridgehead atoms. The number of benzene rings is 1. The molecule has 3 rings (SSSR count). The van der Waals surface area contributed by atoms with E-state index in [9.17, 15) is 0 Å². The molecule has 2 aliphatic rings. The predicted molar refractivity (Wildman–Crippen MR) is 122 cm³/mol. The summed E-state index contributed by atoms with van der Waals surface area (Å²) in [5.41, 5.74) is 1.46. The van der Waals surface area contributed by atoms with E-state index in [4.69, 9.17) is 0 Å². The molecule has 2 saturated heterocycles. The van der Waals surface area contributed by atoms with E-state index in [1.165, 1.54) is 77.4 Å². The third kappa shape index (κ3) is 8.20. The van der Waals surface area contributed by atoms with Gasteiger partial charge in [-0.25, -0.2) is 0 Å². The first kappa shape index (κ1) is 23.3. The van der Waals surface area contributed by atoms with Gasteiger partial charge in [0.1, 0.15) is 0 Å². The fourth-order valence-electron chi connectivity index (χ4n) is 4.03. The molecule has 0 radical (unpaired) electrons. The summed E-state index contributed by atoms with van der Waals surface area (Å²) in [7, 11) is 0. The first-order chi connectivity index (χ1) is 13.5. The van der Waals surface area contributed by atoms with Gasteiger partial charge in [-0.15, -0.1) is 0 Å². The minimum absolute atomic E-state index is 0.700. The molecular formula is C24H44N4. The van der Waals surface area contributed by atoms with Crippen molar-refractivity contribution in [1.82, 2.24) is 19.6 Å². The van der Waals surface area contributed by atoms with Crippen LogP contribution in [0.15, 0.2) is 30.3 Å². The molecule has 28 heavy (non-hydrogen) atoms. The highest BCUT2D eigenvalue weighted by Crippen LogP contribution is 2.08. The van der Waals surface area contributed by atoms with Crippen molar-refractivity contribution >= 4 is 0 Å². The predicted octanol–water partition coefficient (Wildman–Crippen LogP) is 3.29. The summed E-state index contributed by atoms with van der Waals surface area (Å²) in [4.78, 5) is 10.2. The van der Waals surface area contributed by atoms with E-state index in [1.807, 2.05) is 0 Å². The van der Waals surface area contributed by atoms with Gasteiger partial charge in [0.05, 0.1) is 0 Å². The normalized spacial score (nSPS) is 20.4. The molecule has 0 spiro atoms. The number of nitrogens with zero attached hydrogens (tertiary/aromatic N) is 4. The second-order valence-corrected chi connectivity index (χ2v) is 8.77. The van der Waals surface area contributed by atoms with Crippen LogP contribution in [0.5, 0.6) is 0 Å². The lowest BCUT2D eigenvalue weighted by Crippen LogP contribution is -2.49. The zero-order valence-electron chi connectivity index (χ0n) is 19.1. The summed E-state index contributed by atoms with van der Waals surface area (Å²) in [6.07, 6.45) is 1.18. The molecule has 1 aromatic rings. The van der Waals surface area contributed by atoms with Crippen LogP contribution in [0.4, 0.5) is 0 Å². The smallest absolute Gasteiger partial charge is 0.0113 e. The Kier molecular flexibility index (Phi) is 10.5. The average molecular weight is 389 g/mol. The van der Waals surface area contributed by atoms with Crippen molar-refractivity contribution in [1.29, 1.82) is 0 Å². The third-order valence-corrected chi connectivity index (χ3v) is 6.28. The van der Waals surface area contributed by atoms with Crippen molar-refractivity contribution in [2.24, 2.45) is 0 Å². The Morgan fingerprint density at radius 3 is 1.57 bits per heavy atom. The summed E-state index contributed by atoms with van der Waals surface area (Å²) in [6.45, 7) is 23.7. The molecule has 2 aliphatic heterocycles. The number of hydrogen-bond acceptors (Lipinski definition) is 4. The summed E-state index contributed by atoms with van der Waals surface area (Å²) in [5, 5.41) is 0. The van der Waals surface area contributed by atoms with E-state index in [0.717, 1.165) is 6.04 Å². The van der Waals surface area contributed by atoms with Gasteiger partial charge in [-0.3, -0.25) is 9.80 Å². The van der Waals surface area contributed by atoms with Crippen LogP contribution in [0, 0.1) is 0 Å². The zero-order chi connectivity index (χ0) is 20.4. The quantitative estimate of drug-likeness (QED) is 0.741.